The lowest BCUT2D eigenvalue weighted by Crippen LogP contribution is -2.18. The van der Waals surface area contributed by atoms with Crippen molar-refractivity contribution >= 4 is 0 Å². The molecule has 0 bridgehead atoms. The molecular formula is C20H22N2O. The number of hydrogen-bond donors (Lipinski definition) is 1. The van der Waals surface area contributed by atoms with Crippen molar-refractivity contribution in [1.29, 1.82) is 5.26 Å². The maximum Gasteiger partial charge on any atom is 0.119 e. The molecule has 23 heavy (non-hydrogen) atoms. The second kappa shape index (κ2) is 7.80. The fraction of sp³-hybridized carbons (Fsp3) is 0.350. The van der Waals surface area contributed by atoms with Gasteiger partial charge in [-0.3, -0.25) is 0 Å². The fourth-order valence-electron chi connectivity index (χ4n) is 3.10. The van der Waals surface area contributed by atoms with Gasteiger partial charge in [0.15, 0.2) is 0 Å². The van der Waals surface area contributed by atoms with Crippen LogP contribution in [0.2, 0.25) is 0 Å². The summed E-state index contributed by atoms with van der Waals surface area (Å²) in [4.78, 5) is 0. The fourth-order valence-corrected chi connectivity index (χ4v) is 3.10. The predicted molar refractivity (Wildman–Crippen MR) is 91.1 cm³/mol. The highest BCUT2D eigenvalue weighted by Gasteiger charge is 2.20. The van der Waals surface area contributed by atoms with Crippen LogP contribution in [0.5, 0.6) is 5.75 Å². The maximum absolute atomic E-state index is 8.54. The highest BCUT2D eigenvalue weighted by Crippen LogP contribution is 2.31. The van der Waals surface area contributed by atoms with Gasteiger partial charge in [0.1, 0.15) is 5.75 Å². The minimum Gasteiger partial charge on any atom is -0.494 e. The van der Waals surface area contributed by atoms with Gasteiger partial charge in [0, 0.05) is 19.0 Å². The summed E-state index contributed by atoms with van der Waals surface area (Å²) in [5.74, 6) is 0.883. The number of fused-ring (bicyclic) bond motifs is 1. The number of aryl methyl sites for hydroxylation is 1. The largest absolute Gasteiger partial charge is 0.494 e. The molecule has 2 aromatic rings. The summed E-state index contributed by atoms with van der Waals surface area (Å²) in [5.41, 5.74) is 4.14. The quantitative estimate of drug-likeness (QED) is 0.782. The molecule has 2 aromatic carbocycles. The summed E-state index contributed by atoms with van der Waals surface area (Å²) in [6, 6.07) is 19.5. The molecule has 0 heterocycles. The van der Waals surface area contributed by atoms with Gasteiger partial charge in [0.25, 0.3) is 0 Å². The third-order valence-corrected chi connectivity index (χ3v) is 4.29. The molecule has 0 amide bonds. The van der Waals surface area contributed by atoms with Gasteiger partial charge in [-0.25, -0.2) is 0 Å². The van der Waals surface area contributed by atoms with Crippen molar-refractivity contribution in [1.82, 2.24) is 5.32 Å². The molecule has 1 unspecified atom stereocenters. The number of unbranched alkanes of at least 4 members (excludes halogenated alkanes) is 1. The van der Waals surface area contributed by atoms with Crippen molar-refractivity contribution in [3.8, 4) is 11.8 Å². The van der Waals surface area contributed by atoms with Crippen LogP contribution in [-0.2, 0) is 13.0 Å². The van der Waals surface area contributed by atoms with E-state index in [1.807, 2.05) is 12.1 Å². The average Bonchev–Trinajstić information content (AvgIpc) is 3.01. The zero-order valence-electron chi connectivity index (χ0n) is 13.3. The number of rotatable bonds is 7. The lowest BCUT2D eigenvalue weighted by Gasteiger charge is -2.14. The van der Waals surface area contributed by atoms with Gasteiger partial charge >= 0.3 is 0 Å². The molecule has 0 aromatic heterocycles. The minimum absolute atomic E-state index is 0.450. The van der Waals surface area contributed by atoms with Crippen LogP contribution in [-0.4, -0.2) is 6.61 Å². The molecule has 0 aliphatic heterocycles. The molecule has 0 fully saturated rings. The van der Waals surface area contributed by atoms with E-state index in [2.05, 4.69) is 47.8 Å². The summed E-state index contributed by atoms with van der Waals surface area (Å²) in [6.07, 6.45) is 3.65. The Hall–Kier alpha value is -2.31. The molecule has 0 saturated carbocycles. The van der Waals surface area contributed by atoms with Crippen molar-refractivity contribution in [2.75, 3.05) is 6.61 Å². The van der Waals surface area contributed by atoms with Gasteiger partial charge in [-0.1, -0.05) is 36.4 Å². The zero-order chi connectivity index (χ0) is 15.9. The Morgan fingerprint density at radius 1 is 1.17 bits per heavy atom. The molecule has 1 aliphatic rings. The van der Waals surface area contributed by atoms with E-state index >= 15 is 0 Å². The molecular weight excluding hydrogens is 284 g/mol. The Balaban J connectivity index is 1.54. The van der Waals surface area contributed by atoms with Crippen LogP contribution >= 0.6 is 0 Å². The third kappa shape index (κ3) is 4.12. The molecule has 3 nitrogen and oxygen atoms in total. The Labute approximate surface area is 137 Å². The van der Waals surface area contributed by atoms with Gasteiger partial charge in [0.2, 0.25) is 0 Å². The van der Waals surface area contributed by atoms with Crippen LogP contribution in [0.15, 0.2) is 48.5 Å². The summed E-state index contributed by atoms with van der Waals surface area (Å²) < 4.78 is 5.70. The normalized spacial score (nSPS) is 15.9. The lowest BCUT2D eigenvalue weighted by atomic mass is 10.1. The molecule has 3 heteroatoms. The lowest BCUT2D eigenvalue weighted by molar-refractivity contribution is 0.312. The van der Waals surface area contributed by atoms with E-state index in [0.717, 1.165) is 25.1 Å². The number of ether oxygens (including phenoxy) is 1. The Bertz CT molecular complexity index is 690. The van der Waals surface area contributed by atoms with Gasteiger partial charge in [0.05, 0.1) is 12.7 Å². The molecule has 0 radical (unpaired) electrons. The van der Waals surface area contributed by atoms with Gasteiger partial charge in [-0.15, -0.1) is 0 Å². The van der Waals surface area contributed by atoms with E-state index in [1.54, 1.807) is 0 Å². The molecule has 0 saturated heterocycles. The van der Waals surface area contributed by atoms with E-state index in [4.69, 9.17) is 10.00 Å². The summed E-state index contributed by atoms with van der Waals surface area (Å²) >= 11 is 0. The molecule has 118 valence electrons. The Kier molecular flexibility index (Phi) is 5.29. The zero-order valence-corrected chi connectivity index (χ0v) is 13.3. The van der Waals surface area contributed by atoms with Crippen molar-refractivity contribution in [2.24, 2.45) is 0 Å². The van der Waals surface area contributed by atoms with Crippen LogP contribution in [0.25, 0.3) is 0 Å². The first-order chi connectivity index (χ1) is 11.4. The average molecular weight is 306 g/mol. The van der Waals surface area contributed by atoms with Crippen molar-refractivity contribution < 1.29 is 4.74 Å². The van der Waals surface area contributed by atoms with Crippen LogP contribution < -0.4 is 10.1 Å². The molecule has 1 aliphatic carbocycles. The topological polar surface area (TPSA) is 45.0 Å². The Morgan fingerprint density at radius 3 is 3.00 bits per heavy atom. The van der Waals surface area contributed by atoms with E-state index in [0.29, 0.717) is 19.1 Å². The van der Waals surface area contributed by atoms with E-state index < -0.39 is 0 Å². The van der Waals surface area contributed by atoms with Crippen LogP contribution in [0.1, 0.15) is 42.0 Å². The van der Waals surface area contributed by atoms with Crippen LogP contribution in [0.4, 0.5) is 0 Å². The molecule has 1 atom stereocenters. The third-order valence-electron chi connectivity index (χ3n) is 4.29. The summed E-state index contributed by atoms with van der Waals surface area (Å²) in [7, 11) is 0. The number of hydrogen-bond acceptors (Lipinski definition) is 3. The van der Waals surface area contributed by atoms with E-state index in [9.17, 15) is 0 Å². The number of benzene rings is 2. The summed E-state index contributed by atoms with van der Waals surface area (Å²) in [6.45, 7) is 1.44. The van der Waals surface area contributed by atoms with E-state index in [-0.39, 0.29) is 0 Å². The van der Waals surface area contributed by atoms with Gasteiger partial charge in [-0.05, 0) is 48.1 Å². The minimum atomic E-state index is 0.450. The van der Waals surface area contributed by atoms with Gasteiger partial charge in [-0.2, -0.15) is 5.26 Å². The highest BCUT2D eigenvalue weighted by molar-refractivity contribution is 5.34. The standard InChI is InChI=1S/C20H22N2O/c21-12-3-4-13-23-18-8-5-6-16(14-18)15-22-20-11-10-17-7-1-2-9-19(17)20/h1-2,5-9,14,20,22H,3-4,10-11,13,15H2. The number of nitriles is 1. The first-order valence-corrected chi connectivity index (χ1v) is 8.26. The first kappa shape index (κ1) is 15.6. The predicted octanol–water partition coefficient (Wildman–Crippen LogP) is 4.15. The SMILES string of the molecule is N#CCCCOc1cccc(CNC2CCc3ccccc32)c1. The van der Waals surface area contributed by atoms with Crippen molar-refractivity contribution in [3.05, 3.63) is 65.2 Å². The van der Waals surface area contributed by atoms with Crippen molar-refractivity contribution in [3.63, 3.8) is 0 Å². The second-order valence-corrected chi connectivity index (χ2v) is 5.93. The molecule has 0 spiro atoms. The monoisotopic (exact) mass is 306 g/mol. The van der Waals surface area contributed by atoms with Gasteiger partial charge < -0.3 is 10.1 Å². The van der Waals surface area contributed by atoms with Crippen LogP contribution in [0.3, 0.4) is 0 Å². The smallest absolute Gasteiger partial charge is 0.119 e. The molecule has 1 N–H and O–H groups in total. The van der Waals surface area contributed by atoms with Crippen molar-refractivity contribution in [2.45, 2.75) is 38.3 Å². The highest BCUT2D eigenvalue weighted by atomic mass is 16.5. The maximum atomic E-state index is 8.54. The number of nitrogens with zero attached hydrogens (tertiary/aromatic N) is 1. The summed E-state index contributed by atoms with van der Waals surface area (Å²) in [5, 5.41) is 12.2. The number of nitrogens with one attached hydrogen (secondary N) is 1. The molecule has 3 rings (SSSR count). The second-order valence-electron chi connectivity index (χ2n) is 5.93. The van der Waals surface area contributed by atoms with E-state index in [1.165, 1.54) is 23.1 Å². The van der Waals surface area contributed by atoms with Crippen LogP contribution in [0, 0.1) is 11.3 Å². The Morgan fingerprint density at radius 2 is 2.09 bits per heavy atom. The first-order valence-electron chi connectivity index (χ1n) is 8.26.